The van der Waals surface area contributed by atoms with Crippen LogP contribution in [0.3, 0.4) is 0 Å². The zero-order chi connectivity index (χ0) is 9.14. The van der Waals surface area contributed by atoms with E-state index in [0.29, 0.717) is 5.92 Å². The van der Waals surface area contributed by atoms with Crippen LogP contribution in [0.5, 0.6) is 0 Å². The van der Waals surface area contributed by atoms with Gasteiger partial charge in [0.1, 0.15) is 0 Å². The Bertz CT molecular complexity index is 279. The van der Waals surface area contributed by atoms with Crippen molar-refractivity contribution in [2.45, 2.75) is 19.8 Å². The van der Waals surface area contributed by atoms with Crippen LogP contribution in [-0.4, -0.2) is 16.1 Å². The van der Waals surface area contributed by atoms with E-state index in [0.717, 1.165) is 5.69 Å². The molecule has 0 spiro atoms. The van der Waals surface area contributed by atoms with Gasteiger partial charge in [-0.15, -0.1) is 5.10 Å². The molecule has 0 aliphatic heterocycles. The summed E-state index contributed by atoms with van der Waals surface area (Å²) in [4.78, 5) is 10.6. The zero-order valence-corrected chi connectivity index (χ0v) is 7.11. The fourth-order valence-electron chi connectivity index (χ4n) is 0.782. The van der Waals surface area contributed by atoms with Crippen LogP contribution in [-0.2, 0) is 0 Å². The smallest absolute Gasteiger partial charge is 0.269 e. The number of nitrogens with zero attached hydrogens (tertiary/aromatic N) is 2. The van der Waals surface area contributed by atoms with Gasteiger partial charge in [-0.25, -0.2) is 0 Å². The van der Waals surface area contributed by atoms with E-state index in [1.807, 2.05) is 13.8 Å². The summed E-state index contributed by atoms with van der Waals surface area (Å²) in [6.07, 6.45) is 0. The molecule has 64 valence electrons. The van der Waals surface area contributed by atoms with Gasteiger partial charge in [0.25, 0.3) is 5.91 Å². The Labute approximate surface area is 70.8 Å². The van der Waals surface area contributed by atoms with E-state index in [2.05, 4.69) is 10.2 Å². The Kier molecular flexibility index (Phi) is 2.38. The summed E-state index contributed by atoms with van der Waals surface area (Å²) >= 11 is 0. The van der Waals surface area contributed by atoms with Crippen LogP contribution in [0, 0.1) is 0 Å². The van der Waals surface area contributed by atoms with Gasteiger partial charge in [0.15, 0.2) is 5.69 Å². The summed E-state index contributed by atoms with van der Waals surface area (Å²) in [6, 6.07) is 3.35. The molecule has 0 atom stereocenters. The first-order valence-electron chi connectivity index (χ1n) is 3.74. The quantitative estimate of drug-likeness (QED) is 0.701. The van der Waals surface area contributed by atoms with Crippen LogP contribution >= 0.6 is 0 Å². The number of aromatic nitrogens is 2. The molecule has 4 nitrogen and oxygen atoms in total. The molecule has 1 amide bonds. The lowest BCUT2D eigenvalue weighted by Gasteiger charge is -2.01. The number of carbonyl (C=O) groups excluding carboxylic acids is 1. The number of amides is 1. The lowest BCUT2D eigenvalue weighted by atomic mass is 10.1. The van der Waals surface area contributed by atoms with Gasteiger partial charge >= 0.3 is 0 Å². The zero-order valence-electron chi connectivity index (χ0n) is 7.11. The number of carbonyl (C=O) groups is 1. The minimum atomic E-state index is -0.544. The maximum atomic E-state index is 10.6. The van der Waals surface area contributed by atoms with Gasteiger partial charge in [-0.2, -0.15) is 5.10 Å². The van der Waals surface area contributed by atoms with Gasteiger partial charge in [0.2, 0.25) is 0 Å². The Morgan fingerprint density at radius 3 is 2.42 bits per heavy atom. The molecule has 1 heterocycles. The molecule has 0 radical (unpaired) electrons. The average Bonchev–Trinajstić information content (AvgIpc) is 2.04. The van der Waals surface area contributed by atoms with Crippen molar-refractivity contribution in [1.29, 1.82) is 0 Å². The highest BCUT2D eigenvalue weighted by atomic mass is 16.1. The molecule has 1 aromatic heterocycles. The fraction of sp³-hybridized carbons (Fsp3) is 0.375. The topological polar surface area (TPSA) is 68.9 Å². The fourth-order valence-corrected chi connectivity index (χ4v) is 0.782. The number of hydrogen-bond acceptors (Lipinski definition) is 3. The Morgan fingerprint density at radius 1 is 1.42 bits per heavy atom. The number of nitrogens with two attached hydrogens (primary N) is 1. The standard InChI is InChI=1S/C8H11N3O/c1-5(2)6-3-4-7(8(9)12)11-10-6/h3-5H,1-2H3,(H2,9,12). The van der Waals surface area contributed by atoms with Crippen LogP contribution in [0.4, 0.5) is 0 Å². The molecule has 12 heavy (non-hydrogen) atoms. The van der Waals surface area contributed by atoms with Crippen molar-refractivity contribution in [1.82, 2.24) is 10.2 Å². The first kappa shape index (κ1) is 8.64. The van der Waals surface area contributed by atoms with Crippen LogP contribution < -0.4 is 5.73 Å². The van der Waals surface area contributed by atoms with Gasteiger partial charge in [-0.3, -0.25) is 4.79 Å². The molecular weight excluding hydrogens is 154 g/mol. The highest BCUT2D eigenvalue weighted by Crippen LogP contribution is 2.09. The lowest BCUT2D eigenvalue weighted by molar-refractivity contribution is 0.0994. The lowest BCUT2D eigenvalue weighted by Crippen LogP contribution is -2.14. The normalized spacial score (nSPS) is 10.2. The maximum Gasteiger partial charge on any atom is 0.269 e. The molecule has 0 saturated carbocycles. The molecule has 1 aromatic rings. The van der Waals surface area contributed by atoms with Crippen molar-refractivity contribution in [3.63, 3.8) is 0 Å². The summed E-state index contributed by atoms with van der Waals surface area (Å²) in [5.41, 5.74) is 6.07. The van der Waals surface area contributed by atoms with Crippen molar-refractivity contribution < 1.29 is 4.79 Å². The average molecular weight is 165 g/mol. The van der Waals surface area contributed by atoms with Gasteiger partial charge < -0.3 is 5.73 Å². The first-order valence-corrected chi connectivity index (χ1v) is 3.74. The summed E-state index contributed by atoms with van der Waals surface area (Å²) in [5, 5.41) is 7.52. The molecular formula is C8H11N3O. The third-order valence-corrected chi connectivity index (χ3v) is 1.53. The Hall–Kier alpha value is -1.45. The van der Waals surface area contributed by atoms with Crippen molar-refractivity contribution in [2.24, 2.45) is 5.73 Å². The van der Waals surface area contributed by atoms with Crippen LogP contribution in [0.25, 0.3) is 0 Å². The first-order chi connectivity index (χ1) is 5.61. The molecule has 0 aliphatic rings. The molecule has 0 unspecified atom stereocenters. The van der Waals surface area contributed by atoms with Crippen LogP contribution in [0.2, 0.25) is 0 Å². The summed E-state index contributed by atoms with van der Waals surface area (Å²) < 4.78 is 0. The number of primary amides is 1. The van der Waals surface area contributed by atoms with E-state index in [4.69, 9.17) is 5.73 Å². The summed E-state index contributed by atoms with van der Waals surface area (Å²) in [7, 11) is 0. The van der Waals surface area contributed by atoms with Gasteiger partial charge in [-0.05, 0) is 18.1 Å². The molecule has 1 rings (SSSR count). The van der Waals surface area contributed by atoms with Crippen LogP contribution in [0.1, 0.15) is 35.9 Å². The number of hydrogen-bond donors (Lipinski definition) is 1. The van der Waals surface area contributed by atoms with E-state index in [1.54, 1.807) is 12.1 Å². The molecule has 0 aromatic carbocycles. The van der Waals surface area contributed by atoms with Gasteiger partial charge in [0, 0.05) is 0 Å². The van der Waals surface area contributed by atoms with Crippen molar-refractivity contribution in [3.05, 3.63) is 23.5 Å². The molecule has 0 fully saturated rings. The monoisotopic (exact) mass is 165 g/mol. The van der Waals surface area contributed by atoms with E-state index in [1.165, 1.54) is 0 Å². The molecule has 0 saturated heterocycles. The summed E-state index contributed by atoms with van der Waals surface area (Å²) in [6.45, 7) is 4.02. The highest BCUT2D eigenvalue weighted by Gasteiger charge is 2.04. The second-order valence-corrected chi connectivity index (χ2v) is 2.86. The van der Waals surface area contributed by atoms with Crippen molar-refractivity contribution in [2.75, 3.05) is 0 Å². The molecule has 4 heteroatoms. The van der Waals surface area contributed by atoms with E-state index >= 15 is 0 Å². The predicted octanol–water partition coefficient (Wildman–Crippen LogP) is 0.699. The van der Waals surface area contributed by atoms with Gasteiger partial charge in [0.05, 0.1) is 5.69 Å². The largest absolute Gasteiger partial charge is 0.364 e. The van der Waals surface area contributed by atoms with Gasteiger partial charge in [-0.1, -0.05) is 13.8 Å². The Balaban J connectivity index is 2.93. The van der Waals surface area contributed by atoms with E-state index in [9.17, 15) is 4.79 Å². The number of rotatable bonds is 2. The molecule has 2 N–H and O–H groups in total. The molecule has 0 bridgehead atoms. The minimum Gasteiger partial charge on any atom is -0.364 e. The van der Waals surface area contributed by atoms with Crippen molar-refractivity contribution in [3.8, 4) is 0 Å². The van der Waals surface area contributed by atoms with Crippen LogP contribution in [0.15, 0.2) is 12.1 Å². The summed E-state index contributed by atoms with van der Waals surface area (Å²) in [5.74, 6) is -0.225. The second kappa shape index (κ2) is 3.30. The predicted molar refractivity (Wildman–Crippen MR) is 44.6 cm³/mol. The van der Waals surface area contributed by atoms with E-state index in [-0.39, 0.29) is 5.69 Å². The molecule has 0 aliphatic carbocycles. The SMILES string of the molecule is CC(C)c1ccc(C(N)=O)nn1. The Morgan fingerprint density at radius 2 is 2.08 bits per heavy atom. The highest BCUT2D eigenvalue weighted by molar-refractivity contribution is 5.90. The third kappa shape index (κ3) is 1.78. The third-order valence-electron chi connectivity index (χ3n) is 1.53. The van der Waals surface area contributed by atoms with Crippen molar-refractivity contribution >= 4 is 5.91 Å². The maximum absolute atomic E-state index is 10.6. The van der Waals surface area contributed by atoms with E-state index < -0.39 is 5.91 Å². The minimum absolute atomic E-state index is 0.208. The second-order valence-electron chi connectivity index (χ2n) is 2.86.